The molecule has 0 aliphatic carbocycles. The fourth-order valence-corrected chi connectivity index (χ4v) is 2.94. The van der Waals surface area contributed by atoms with Gasteiger partial charge in [-0.25, -0.2) is 0 Å². The third-order valence-electron chi connectivity index (χ3n) is 3.89. The van der Waals surface area contributed by atoms with Crippen LogP contribution in [0.25, 0.3) is 10.8 Å². The predicted molar refractivity (Wildman–Crippen MR) is 104 cm³/mol. The van der Waals surface area contributed by atoms with Gasteiger partial charge in [-0.2, -0.15) is 0 Å². The minimum absolute atomic E-state index is 0.264. The van der Waals surface area contributed by atoms with Crippen molar-refractivity contribution < 1.29 is 9.53 Å². The van der Waals surface area contributed by atoms with Crippen molar-refractivity contribution in [3.8, 4) is 5.75 Å². The summed E-state index contributed by atoms with van der Waals surface area (Å²) in [5, 5.41) is 5.53. The smallest absolute Gasteiger partial charge is 0.265 e. The van der Waals surface area contributed by atoms with Crippen molar-refractivity contribution in [2.45, 2.75) is 19.4 Å². The second-order valence-corrected chi connectivity index (χ2v) is 6.37. The van der Waals surface area contributed by atoms with E-state index in [9.17, 15) is 4.79 Å². The molecule has 3 nitrogen and oxygen atoms in total. The van der Waals surface area contributed by atoms with Crippen molar-refractivity contribution in [2.75, 3.05) is 5.32 Å². The number of hydrogen-bond donors (Lipinski definition) is 1. The van der Waals surface area contributed by atoms with Crippen LogP contribution in [0.3, 0.4) is 0 Å². The molecular formula is C20H17Cl2NO2. The molecule has 3 aromatic rings. The number of benzene rings is 3. The second-order valence-electron chi connectivity index (χ2n) is 5.58. The second kappa shape index (κ2) is 7.77. The van der Waals surface area contributed by atoms with Crippen LogP contribution in [0.2, 0.25) is 10.0 Å². The lowest BCUT2D eigenvalue weighted by Crippen LogP contribution is -2.32. The maximum Gasteiger partial charge on any atom is 0.265 e. The molecule has 0 aliphatic rings. The molecule has 1 amide bonds. The van der Waals surface area contributed by atoms with E-state index < -0.39 is 6.10 Å². The lowest BCUT2D eigenvalue weighted by atomic mass is 10.1. The molecular weight excluding hydrogens is 357 g/mol. The molecule has 0 unspecified atom stereocenters. The number of nitrogens with one attached hydrogen (secondary N) is 1. The number of anilines is 1. The number of fused-ring (bicyclic) bond motifs is 1. The lowest BCUT2D eigenvalue weighted by molar-refractivity contribution is -0.122. The molecule has 1 atom stereocenters. The van der Waals surface area contributed by atoms with E-state index in [4.69, 9.17) is 27.9 Å². The van der Waals surface area contributed by atoms with E-state index in [-0.39, 0.29) is 5.91 Å². The highest BCUT2D eigenvalue weighted by Gasteiger charge is 2.20. The largest absolute Gasteiger partial charge is 0.480 e. The zero-order valence-electron chi connectivity index (χ0n) is 13.6. The Kier molecular flexibility index (Phi) is 5.47. The topological polar surface area (TPSA) is 38.3 Å². The molecule has 0 aliphatic heterocycles. The van der Waals surface area contributed by atoms with E-state index in [1.807, 2.05) is 49.4 Å². The summed E-state index contributed by atoms with van der Waals surface area (Å²) in [6.07, 6.45) is -0.117. The first-order valence-corrected chi connectivity index (χ1v) is 8.75. The quantitative estimate of drug-likeness (QED) is 0.600. The minimum Gasteiger partial charge on any atom is -0.480 e. The van der Waals surface area contributed by atoms with Crippen LogP contribution in [0.15, 0.2) is 60.7 Å². The van der Waals surface area contributed by atoms with Gasteiger partial charge >= 0.3 is 0 Å². The van der Waals surface area contributed by atoms with Crippen molar-refractivity contribution in [3.63, 3.8) is 0 Å². The first kappa shape index (κ1) is 17.6. The van der Waals surface area contributed by atoms with Crippen molar-refractivity contribution in [2.24, 2.45) is 0 Å². The number of carbonyl (C=O) groups is 1. The Morgan fingerprint density at radius 2 is 1.76 bits per heavy atom. The third-order valence-corrected chi connectivity index (χ3v) is 4.71. The summed E-state index contributed by atoms with van der Waals surface area (Å²) in [6, 6.07) is 18.8. The summed E-state index contributed by atoms with van der Waals surface area (Å²) in [5.74, 6) is 0.414. The highest BCUT2D eigenvalue weighted by atomic mass is 35.5. The van der Waals surface area contributed by atoms with Crippen molar-refractivity contribution in [1.82, 2.24) is 0 Å². The molecule has 3 rings (SSSR count). The van der Waals surface area contributed by atoms with Crippen molar-refractivity contribution in [3.05, 3.63) is 70.7 Å². The maximum absolute atomic E-state index is 12.6. The number of rotatable bonds is 5. The van der Waals surface area contributed by atoms with Gasteiger partial charge in [0.25, 0.3) is 5.91 Å². The molecule has 0 aromatic heterocycles. The summed E-state index contributed by atoms with van der Waals surface area (Å²) < 4.78 is 5.99. The van der Waals surface area contributed by atoms with Crippen LogP contribution in [-0.2, 0) is 4.79 Å². The lowest BCUT2D eigenvalue weighted by Gasteiger charge is -2.19. The van der Waals surface area contributed by atoms with Crippen LogP contribution in [0.1, 0.15) is 13.3 Å². The van der Waals surface area contributed by atoms with E-state index in [1.165, 1.54) is 0 Å². The Morgan fingerprint density at radius 3 is 2.56 bits per heavy atom. The number of ether oxygens (including phenoxy) is 1. The molecule has 1 N–H and O–H groups in total. The molecule has 0 fully saturated rings. The zero-order chi connectivity index (χ0) is 17.8. The van der Waals surface area contributed by atoms with Gasteiger partial charge in [0.2, 0.25) is 0 Å². The molecule has 0 spiro atoms. The molecule has 0 bridgehead atoms. The average Bonchev–Trinajstić information content (AvgIpc) is 2.63. The molecule has 25 heavy (non-hydrogen) atoms. The normalized spacial score (nSPS) is 12.0. The standard InChI is InChI=1S/C20H17Cl2NO2/c1-2-17(20(24)23-16-11-6-10-15(21)19(16)22)25-18-12-5-8-13-7-3-4-9-14(13)18/h3-12,17H,2H2,1H3,(H,23,24)/t17-/m1/s1. The van der Waals surface area contributed by atoms with E-state index in [0.29, 0.717) is 27.9 Å². The molecule has 3 aromatic carbocycles. The molecule has 0 heterocycles. The van der Waals surface area contributed by atoms with E-state index >= 15 is 0 Å². The maximum atomic E-state index is 12.6. The first-order valence-electron chi connectivity index (χ1n) is 7.99. The number of carbonyl (C=O) groups excluding carboxylic acids is 1. The van der Waals surface area contributed by atoms with Gasteiger partial charge < -0.3 is 10.1 Å². The minimum atomic E-state index is -0.638. The first-order chi connectivity index (χ1) is 12.1. The van der Waals surface area contributed by atoms with E-state index in [0.717, 1.165) is 10.8 Å². The highest BCUT2D eigenvalue weighted by Crippen LogP contribution is 2.30. The Labute approximate surface area is 156 Å². The summed E-state index contributed by atoms with van der Waals surface area (Å²) in [4.78, 5) is 12.6. The fraction of sp³-hybridized carbons (Fsp3) is 0.150. The predicted octanol–water partition coefficient (Wildman–Crippen LogP) is 5.94. The van der Waals surface area contributed by atoms with Gasteiger partial charge in [-0.15, -0.1) is 0 Å². The van der Waals surface area contributed by atoms with Crippen molar-refractivity contribution in [1.29, 1.82) is 0 Å². The van der Waals surface area contributed by atoms with Crippen LogP contribution in [0, 0.1) is 0 Å². The highest BCUT2D eigenvalue weighted by molar-refractivity contribution is 6.44. The van der Waals surface area contributed by atoms with E-state index in [1.54, 1.807) is 18.2 Å². The number of amides is 1. The number of hydrogen-bond acceptors (Lipinski definition) is 2. The summed E-state index contributed by atoms with van der Waals surface area (Å²) in [7, 11) is 0. The van der Waals surface area contributed by atoms with Crippen LogP contribution in [0.5, 0.6) is 5.75 Å². The van der Waals surface area contributed by atoms with Crippen LogP contribution in [0.4, 0.5) is 5.69 Å². The van der Waals surface area contributed by atoms with Crippen LogP contribution < -0.4 is 10.1 Å². The Bertz CT molecular complexity index is 906. The van der Waals surface area contributed by atoms with Gasteiger partial charge in [-0.05, 0) is 30.0 Å². The molecule has 0 saturated carbocycles. The van der Waals surface area contributed by atoms with Gasteiger partial charge in [0.1, 0.15) is 5.75 Å². The summed E-state index contributed by atoms with van der Waals surface area (Å²) >= 11 is 12.1. The third kappa shape index (κ3) is 3.89. The fourth-order valence-electron chi connectivity index (χ4n) is 2.59. The Balaban J connectivity index is 1.82. The molecule has 5 heteroatoms. The molecule has 0 saturated heterocycles. The summed E-state index contributed by atoms with van der Waals surface area (Å²) in [6.45, 7) is 1.90. The van der Waals surface area contributed by atoms with Crippen LogP contribution >= 0.6 is 23.2 Å². The summed E-state index contributed by atoms with van der Waals surface area (Å²) in [5.41, 5.74) is 0.471. The van der Waals surface area contributed by atoms with Gasteiger partial charge in [0, 0.05) is 5.39 Å². The van der Waals surface area contributed by atoms with Crippen LogP contribution in [-0.4, -0.2) is 12.0 Å². The van der Waals surface area contributed by atoms with Gasteiger partial charge in [0.15, 0.2) is 6.10 Å². The molecule has 0 radical (unpaired) electrons. The van der Waals surface area contributed by atoms with E-state index in [2.05, 4.69) is 5.32 Å². The zero-order valence-corrected chi connectivity index (χ0v) is 15.1. The van der Waals surface area contributed by atoms with Gasteiger partial charge in [0.05, 0.1) is 15.7 Å². The monoisotopic (exact) mass is 373 g/mol. The molecule has 128 valence electrons. The SMILES string of the molecule is CC[C@@H](Oc1cccc2ccccc12)C(=O)Nc1cccc(Cl)c1Cl. The van der Waals surface area contributed by atoms with Gasteiger partial charge in [-0.3, -0.25) is 4.79 Å². The average molecular weight is 374 g/mol. The van der Waals surface area contributed by atoms with Gasteiger partial charge in [-0.1, -0.05) is 72.6 Å². The van der Waals surface area contributed by atoms with Crippen molar-refractivity contribution >= 4 is 45.6 Å². The number of halogens is 2. The Morgan fingerprint density at radius 1 is 1.04 bits per heavy atom. The Hall–Kier alpha value is -2.23.